The Morgan fingerprint density at radius 1 is 0.750 bits per heavy atom. The van der Waals surface area contributed by atoms with Crippen molar-refractivity contribution in [3.8, 4) is 11.1 Å². The van der Waals surface area contributed by atoms with Gasteiger partial charge in [0.1, 0.15) is 0 Å². The van der Waals surface area contributed by atoms with E-state index in [4.69, 9.17) is 23.1 Å². The van der Waals surface area contributed by atoms with E-state index in [-0.39, 0.29) is 0 Å². The molecule has 0 unspecified atom stereocenters. The quantitative estimate of drug-likeness (QED) is 0.654. The van der Waals surface area contributed by atoms with Gasteiger partial charge in [-0.2, -0.15) is 0 Å². The molecule has 2 aromatic rings. The molecular weight excluding hydrogens is 284 g/mol. The smallest absolute Gasteiger partial charge is 0.222 e. The minimum Gasteiger partial charge on any atom is -0.222 e. The molecule has 0 amide bonds. The molecule has 0 aliphatic rings. The van der Waals surface area contributed by atoms with Crippen LogP contribution in [0.2, 0.25) is 0 Å². The second-order valence-corrected chi connectivity index (χ2v) is 5.07. The summed E-state index contributed by atoms with van der Waals surface area (Å²) in [5.74, 6) is 1.90. The molecule has 6 heteroatoms. The van der Waals surface area contributed by atoms with Gasteiger partial charge in [-0.25, -0.2) is 23.1 Å². The van der Waals surface area contributed by atoms with Crippen molar-refractivity contribution in [2.24, 2.45) is 0 Å². The van der Waals surface area contributed by atoms with Crippen molar-refractivity contribution in [3.05, 3.63) is 53.5 Å². The Bertz CT molecular complexity index is 535. The van der Waals surface area contributed by atoms with Crippen molar-refractivity contribution in [2.75, 3.05) is 0 Å². The molecule has 0 spiro atoms. The highest BCUT2D eigenvalue weighted by Gasteiger charge is 2.08. The maximum absolute atomic E-state index is 8.49. The van der Waals surface area contributed by atoms with Crippen LogP contribution in [-0.2, 0) is 0 Å². The average molecular weight is 299 g/mol. The summed E-state index contributed by atoms with van der Waals surface area (Å²) in [6, 6.07) is 12.7. The number of rotatable bonds is 1. The third-order valence-electron chi connectivity index (χ3n) is 2.42. The summed E-state index contributed by atoms with van der Waals surface area (Å²) in [6.07, 6.45) is 0. The van der Waals surface area contributed by atoms with Gasteiger partial charge in [0, 0.05) is 12.1 Å². The van der Waals surface area contributed by atoms with E-state index in [2.05, 4.69) is 43.3 Å². The van der Waals surface area contributed by atoms with E-state index in [1.54, 1.807) is 0 Å². The number of aryl methyl sites for hydroxylation is 3. The molecule has 0 radical (unpaired) electrons. The summed E-state index contributed by atoms with van der Waals surface area (Å²) in [4.78, 5) is 0. The fourth-order valence-electron chi connectivity index (χ4n) is 1.71. The van der Waals surface area contributed by atoms with Crippen molar-refractivity contribution in [2.45, 2.75) is 20.8 Å². The Hall–Kier alpha value is -1.50. The van der Waals surface area contributed by atoms with Gasteiger partial charge in [-0.3, -0.25) is 0 Å². The van der Waals surface area contributed by atoms with Gasteiger partial charge in [-0.05, 0) is 18.1 Å². The van der Waals surface area contributed by atoms with Gasteiger partial charge in [0.15, 0.2) is 0 Å². The maximum Gasteiger partial charge on any atom is 0.327 e. The van der Waals surface area contributed by atoms with E-state index in [1.165, 1.54) is 16.7 Å². The van der Waals surface area contributed by atoms with E-state index in [0.717, 1.165) is 11.5 Å². The lowest BCUT2D eigenvalue weighted by Gasteiger charge is -2.17. The molecule has 1 aromatic heterocycles. The van der Waals surface area contributed by atoms with Gasteiger partial charge in [0.25, 0.3) is 0 Å². The van der Waals surface area contributed by atoms with Gasteiger partial charge in [-0.15, -0.1) is 10.2 Å². The van der Waals surface area contributed by atoms with Crippen molar-refractivity contribution in [1.29, 1.82) is 0 Å². The van der Waals surface area contributed by atoms with Gasteiger partial charge in [0.2, 0.25) is 0 Å². The Labute approximate surface area is 119 Å². The minimum atomic E-state index is -4.94. The molecule has 0 saturated carbocycles. The first-order chi connectivity index (χ1) is 9.15. The van der Waals surface area contributed by atoms with Crippen LogP contribution in [0.4, 0.5) is 0 Å². The Morgan fingerprint density at radius 3 is 1.55 bits per heavy atom. The first-order valence-corrected chi connectivity index (χ1v) is 6.99. The maximum atomic E-state index is 8.49. The zero-order valence-electron chi connectivity index (χ0n) is 11.4. The number of hydrogen-bond acceptors (Lipinski definition) is 4. The largest absolute Gasteiger partial charge is 0.327 e. The van der Waals surface area contributed by atoms with Crippen LogP contribution in [0, 0.1) is 31.0 Å². The van der Waals surface area contributed by atoms with E-state index < -0.39 is 10.2 Å². The van der Waals surface area contributed by atoms with Crippen molar-refractivity contribution in [1.82, 2.24) is 0 Å². The van der Waals surface area contributed by atoms with Gasteiger partial charge >= 0.3 is 11.5 Å². The Balaban J connectivity index is 0.000000347. The topological polar surface area (TPSA) is 104 Å². The first kappa shape index (κ1) is 16.6. The van der Waals surface area contributed by atoms with E-state index in [1.807, 2.05) is 13.8 Å². The third kappa shape index (κ3) is 6.60. The second-order valence-electron chi connectivity index (χ2n) is 4.31. The van der Waals surface area contributed by atoms with Crippen LogP contribution >= 0.6 is 0 Å². The van der Waals surface area contributed by atoms with Crippen LogP contribution in [0.5, 0.6) is 0 Å². The van der Waals surface area contributed by atoms with Crippen LogP contribution in [-0.4, -0.2) is 0 Å². The van der Waals surface area contributed by atoms with E-state index in [9.17, 15) is 0 Å². The lowest BCUT2D eigenvalue weighted by atomic mass is 10.0. The first-order valence-electron chi connectivity index (χ1n) is 5.75. The molecule has 0 aliphatic carbocycles. The molecule has 1 heterocycles. The monoisotopic (exact) mass is 298 g/mol. The molecule has 5 nitrogen and oxygen atoms in total. The minimum absolute atomic E-state index is 0.950. The molecule has 1 aromatic carbocycles. The van der Waals surface area contributed by atoms with E-state index in [0.29, 0.717) is 0 Å². The molecule has 20 heavy (non-hydrogen) atoms. The van der Waals surface area contributed by atoms with Crippen molar-refractivity contribution < 1.29 is 33.3 Å². The normalized spacial score (nSPS) is 10.8. The standard InChI is InChI=1S/C14H15O.ClHO4/c1-10-4-6-13(7-5-10)14-8-11(2)15-12(3)9-14;2-1(3,4)5/h4-9H,1-3H3;(H,2,3,4,5)/q+1;/p-1. The van der Waals surface area contributed by atoms with Crippen LogP contribution in [0.1, 0.15) is 17.1 Å². The lowest BCUT2D eigenvalue weighted by Crippen LogP contribution is -2.68. The molecule has 108 valence electrons. The highest BCUT2D eigenvalue weighted by Crippen LogP contribution is 2.22. The summed E-state index contributed by atoms with van der Waals surface area (Å²) >= 11 is 0. The number of benzene rings is 1. The fourth-order valence-corrected chi connectivity index (χ4v) is 1.71. The summed E-state index contributed by atoms with van der Waals surface area (Å²) in [7, 11) is -4.94. The number of hydrogen-bond donors (Lipinski definition) is 0. The van der Waals surface area contributed by atoms with Crippen LogP contribution < -0.4 is 18.6 Å². The average Bonchev–Trinajstić information content (AvgIpc) is 2.26. The molecule has 0 aliphatic heterocycles. The molecule has 0 N–H and O–H groups in total. The van der Waals surface area contributed by atoms with Gasteiger partial charge < -0.3 is 0 Å². The SMILES string of the molecule is Cc1ccc(-c2cc(C)[o+]c(C)c2)cc1.[O-][Cl+3]([O-])([O-])[O-]. The molecule has 0 bridgehead atoms. The molecular formula is C14H15ClO5. The molecule has 0 saturated heterocycles. The number of halogens is 1. The van der Waals surface area contributed by atoms with Crippen molar-refractivity contribution in [3.63, 3.8) is 0 Å². The summed E-state index contributed by atoms with van der Waals surface area (Å²) in [5.41, 5.74) is 3.74. The highest BCUT2D eigenvalue weighted by molar-refractivity contribution is 5.63. The highest BCUT2D eigenvalue weighted by atomic mass is 35.7. The summed E-state index contributed by atoms with van der Waals surface area (Å²) < 4.78 is 39.4. The lowest BCUT2D eigenvalue weighted by molar-refractivity contribution is -2.00. The molecule has 2 rings (SSSR count). The predicted octanol–water partition coefficient (Wildman–Crippen LogP) is -0.603. The van der Waals surface area contributed by atoms with Crippen LogP contribution in [0.25, 0.3) is 11.1 Å². The van der Waals surface area contributed by atoms with E-state index >= 15 is 0 Å². The predicted molar refractivity (Wildman–Crippen MR) is 62.8 cm³/mol. The molecule has 0 atom stereocenters. The Kier molecular flexibility index (Phi) is 5.62. The van der Waals surface area contributed by atoms with Crippen LogP contribution in [0.15, 0.2) is 40.8 Å². The summed E-state index contributed by atoms with van der Waals surface area (Å²) in [6.45, 7) is 6.05. The zero-order valence-corrected chi connectivity index (χ0v) is 12.1. The summed E-state index contributed by atoms with van der Waals surface area (Å²) in [5, 5.41) is 0. The zero-order chi connectivity index (χ0) is 15.3. The third-order valence-corrected chi connectivity index (χ3v) is 2.42. The fraction of sp³-hybridized carbons (Fsp3) is 0.214. The second kappa shape index (κ2) is 6.78. The Morgan fingerprint density at radius 2 is 1.15 bits per heavy atom. The van der Waals surface area contributed by atoms with Crippen molar-refractivity contribution >= 4 is 0 Å². The van der Waals surface area contributed by atoms with Gasteiger partial charge in [-0.1, -0.05) is 29.8 Å². The van der Waals surface area contributed by atoms with Crippen LogP contribution in [0.3, 0.4) is 0 Å². The molecule has 0 fully saturated rings. The van der Waals surface area contributed by atoms with Gasteiger partial charge in [0.05, 0.1) is 13.8 Å².